The molecule has 0 N–H and O–H groups in total. The van der Waals surface area contributed by atoms with E-state index in [9.17, 15) is 47.9 Å². The Balaban J connectivity index is 2.58. The third-order valence-corrected chi connectivity index (χ3v) is 11.4. The van der Waals surface area contributed by atoms with Gasteiger partial charge in [-0.3, -0.25) is 0 Å². The van der Waals surface area contributed by atoms with Crippen LogP contribution in [0.2, 0.25) is 0 Å². The van der Waals surface area contributed by atoms with Gasteiger partial charge in [-0.25, -0.2) is 0 Å². The van der Waals surface area contributed by atoms with Crippen molar-refractivity contribution in [1.82, 2.24) is 0 Å². The number of benzene rings is 2. The first-order valence-corrected chi connectivity index (χ1v) is 12.8. The molecule has 0 aliphatic carbocycles. The van der Waals surface area contributed by atoms with Gasteiger partial charge in [-0.05, 0) is 0 Å². The second-order valence-corrected chi connectivity index (χ2v) is 13.1. The van der Waals surface area contributed by atoms with Crippen LogP contribution >= 0.6 is 20.2 Å². The molecule has 0 atom stereocenters. The van der Waals surface area contributed by atoms with E-state index in [-0.39, 0.29) is 7.14 Å². The van der Waals surface area contributed by atoms with Crippen LogP contribution in [-0.2, 0) is 12.6 Å². The van der Waals surface area contributed by atoms with Gasteiger partial charge in [-0.2, -0.15) is 0 Å². The van der Waals surface area contributed by atoms with Gasteiger partial charge in [-0.1, -0.05) is 0 Å². The summed E-state index contributed by atoms with van der Waals surface area (Å²) in [7, 11) is -6.97. The van der Waals surface area contributed by atoms with E-state index in [1.807, 2.05) is 0 Å². The van der Waals surface area contributed by atoms with Gasteiger partial charge in [-0.15, -0.1) is 0 Å². The topological polar surface area (TPSA) is 43.4 Å². The van der Waals surface area contributed by atoms with Crippen molar-refractivity contribution in [3.63, 3.8) is 0 Å². The zero-order valence-electron chi connectivity index (χ0n) is 16.0. The molecule has 32 heavy (non-hydrogen) atoms. The molecule has 0 saturated carbocycles. The van der Waals surface area contributed by atoms with Crippen molar-refractivity contribution in [3.8, 4) is 0 Å². The number of rotatable bonds is 7. The van der Waals surface area contributed by atoms with E-state index >= 15 is 0 Å². The normalized spacial score (nSPS) is 14.4. The average molecular weight is 608 g/mol. The molecule has 3 nitrogen and oxygen atoms in total. The predicted molar refractivity (Wildman–Crippen MR) is 105 cm³/mol. The quantitative estimate of drug-likeness (QED) is 0.265. The summed E-state index contributed by atoms with van der Waals surface area (Å²) < 4.78 is 147. The van der Waals surface area contributed by atoms with E-state index in [1.54, 1.807) is 13.8 Å². The molecule has 0 spiro atoms. The average Bonchev–Trinajstić information content (AvgIpc) is 2.66. The van der Waals surface area contributed by atoms with Crippen LogP contribution in [0.1, 0.15) is 11.1 Å². The second kappa shape index (κ2) is 8.66. The molecule has 0 aliphatic rings. The van der Waals surface area contributed by atoms with Gasteiger partial charge < -0.3 is 0 Å². The number of alkyl halides is 9. The van der Waals surface area contributed by atoms with E-state index in [4.69, 9.17) is 0 Å². The molecular formula is C18H14F9IO3S. The van der Waals surface area contributed by atoms with Gasteiger partial charge in [0.1, 0.15) is 0 Å². The summed E-state index contributed by atoms with van der Waals surface area (Å²) in [5.74, 6) is -14.7. The fraction of sp³-hybridized carbons (Fsp3) is 0.333. The van der Waals surface area contributed by atoms with E-state index in [0.29, 0.717) is 11.1 Å². The standard InChI is InChI=1S/C18H14F9IO3S/c1-11-3-7-13(8-4-11)28(14-9-5-12(2)6-10-14)31-32(29,30)18(26,27)16(21,22)15(19,20)17(23,24)25/h3-10H,1-2H3. The third kappa shape index (κ3) is 4.71. The van der Waals surface area contributed by atoms with Gasteiger partial charge in [0.25, 0.3) is 0 Å². The number of hydrogen-bond donors (Lipinski definition) is 0. The van der Waals surface area contributed by atoms with Crippen molar-refractivity contribution in [3.05, 3.63) is 66.8 Å². The van der Waals surface area contributed by atoms with Crippen LogP contribution in [-0.4, -0.2) is 31.7 Å². The van der Waals surface area contributed by atoms with Gasteiger partial charge in [0.2, 0.25) is 0 Å². The minimum absolute atomic E-state index is 0.00562. The molecule has 0 saturated heterocycles. The first-order chi connectivity index (χ1) is 14.3. The van der Waals surface area contributed by atoms with E-state index in [1.165, 1.54) is 48.5 Å². The Hall–Kier alpha value is -1.55. The Labute approximate surface area is 184 Å². The van der Waals surface area contributed by atoms with Crippen molar-refractivity contribution in [1.29, 1.82) is 0 Å². The number of aryl methyl sites for hydroxylation is 2. The van der Waals surface area contributed by atoms with E-state index < -0.39 is 53.6 Å². The zero-order valence-corrected chi connectivity index (χ0v) is 19.0. The van der Waals surface area contributed by atoms with Gasteiger partial charge in [0.05, 0.1) is 0 Å². The SMILES string of the molecule is Cc1ccc(I(OS(=O)(=O)C(F)(F)C(F)(F)C(F)(F)C(F)(F)F)c2ccc(C)cc2)cc1. The van der Waals surface area contributed by atoms with Crippen LogP contribution in [0, 0.1) is 21.0 Å². The Kier molecular flexibility index (Phi) is 7.23. The van der Waals surface area contributed by atoms with Crippen LogP contribution < -0.4 is 0 Å². The molecule has 0 fully saturated rings. The molecule has 2 aromatic carbocycles. The van der Waals surface area contributed by atoms with Crippen LogP contribution in [0.25, 0.3) is 0 Å². The van der Waals surface area contributed by atoms with Crippen molar-refractivity contribution in [2.45, 2.75) is 37.1 Å². The fourth-order valence-electron chi connectivity index (χ4n) is 2.13. The second-order valence-electron chi connectivity index (χ2n) is 6.52. The number of hydrogen-bond acceptors (Lipinski definition) is 3. The molecule has 0 amide bonds. The summed E-state index contributed by atoms with van der Waals surface area (Å²) in [5, 5.41) is -6.90. The molecule has 0 aromatic heterocycles. The maximum atomic E-state index is 14.1. The van der Waals surface area contributed by atoms with Crippen LogP contribution in [0.4, 0.5) is 39.5 Å². The molecule has 14 heteroatoms. The summed E-state index contributed by atoms with van der Waals surface area (Å²) in [4.78, 5) is 0. The van der Waals surface area contributed by atoms with Crippen molar-refractivity contribution >= 4 is 30.4 Å². The summed E-state index contributed by atoms with van der Waals surface area (Å²) >= 11 is -4.04. The monoisotopic (exact) mass is 608 g/mol. The maximum absolute atomic E-state index is 14.1. The molecule has 0 radical (unpaired) electrons. The van der Waals surface area contributed by atoms with E-state index in [0.717, 1.165) is 0 Å². The first-order valence-electron chi connectivity index (χ1n) is 8.33. The molecule has 0 unspecified atom stereocenters. The minimum atomic E-state index is -7.35. The fourth-order valence-corrected chi connectivity index (χ4v) is 9.05. The molecule has 180 valence electrons. The first kappa shape index (κ1) is 26.7. The van der Waals surface area contributed by atoms with Crippen LogP contribution in [0.15, 0.2) is 48.5 Å². The molecule has 2 aromatic rings. The van der Waals surface area contributed by atoms with Gasteiger partial charge >= 0.3 is 185 Å². The summed E-state index contributed by atoms with van der Waals surface area (Å²) in [5.41, 5.74) is 1.30. The zero-order chi connectivity index (χ0) is 24.8. The van der Waals surface area contributed by atoms with Crippen molar-refractivity contribution in [2.24, 2.45) is 0 Å². The van der Waals surface area contributed by atoms with Gasteiger partial charge in [0.15, 0.2) is 0 Å². The van der Waals surface area contributed by atoms with Crippen LogP contribution in [0.5, 0.6) is 0 Å². The Morgan fingerprint density at radius 1 is 0.656 bits per heavy atom. The summed E-state index contributed by atoms with van der Waals surface area (Å²) in [6.07, 6.45) is -7.15. The summed E-state index contributed by atoms with van der Waals surface area (Å²) in [6.45, 7) is 3.25. The van der Waals surface area contributed by atoms with Crippen molar-refractivity contribution < 1.29 is 50.4 Å². The third-order valence-electron chi connectivity index (χ3n) is 3.99. The Morgan fingerprint density at radius 3 is 1.31 bits per heavy atom. The number of halogens is 10. The molecule has 0 heterocycles. The Morgan fingerprint density at radius 2 is 1.00 bits per heavy atom. The molecule has 0 bridgehead atoms. The molecular weight excluding hydrogens is 594 g/mol. The molecule has 2 rings (SSSR count). The molecule has 0 aliphatic heterocycles. The van der Waals surface area contributed by atoms with Crippen molar-refractivity contribution in [2.75, 3.05) is 0 Å². The van der Waals surface area contributed by atoms with Gasteiger partial charge in [0, 0.05) is 0 Å². The Bertz CT molecular complexity index is 1010. The van der Waals surface area contributed by atoms with Crippen LogP contribution in [0.3, 0.4) is 0 Å². The van der Waals surface area contributed by atoms with E-state index in [2.05, 4.69) is 2.51 Å². The summed E-state index contributed by atoms with van der Waals surface area (Å²) in [6, 6.07) is 10.7. The predicted octanol–water partition coefficient (Wildman–Crippen LogP) is 6.54.